The van der Waals surface area contributed by atoms with Crippen molar-refractivity contribution in [1.82, 2.24) is 5.32 Å². The quantitative estimate of drug-likeness (QED) is 0.663. The molecule has 0 radical (unpaired) electrons. The molecule has 0 aromatic heterocycles. The molecule has 0 saturated heterocycles. The highest BCUT2D eigenvalue weighted by Gasteiger charge is 2.07. The molecule has 0 aliphatic heterocycles. The fourth-order valence-corrected chi connectivity index (χ4v) is 1.83. The van der Waals surface area contributed by atoms with Gasteiger partial charge in [0, 0.05) is 13.2 Å². The molecular formula is C15H25NO3. The Labute approximate surface area is 115 Å². The molecule has 2 atom stereocenters. The molecule has 0 bridgehead atoms. The summed E-state index contributed by atoms with van der Waals surface area (Å²) in [6.45, 7) is 7.57. The summed E-state index contributed by atoms with van der Waals surface area (Å²) >= 11 is 0. The van der Waals surface area contributed by atoms with Crippen molar-refractivity contribution in [2.24, 2.45) is 5.92 Å². The Hall–Kier alpha value is -1.10. The maximum Gasteiger partial charge on any atom is 0.119 e. The first-order valence-electron chi connectivity index (χ1n) is 6.72. The molecule has 2 unspecified atom stereocenters. The van der Waals surface area contributed by atoms with E-state index in [0.717, 1.165) is 16.9 Å². The molecular weight excluding hydrogens is 242 g/mol. The monoisotopic (exact) mass is 267 g/mol. The third-order valence-electron chi connectivity index (χ3n) is 2.82. The van der Waals surface area contributed by atoms with Crippen LogP contribution in [0.1, 0.15) is 18.1 Å². The number of rotatable bonds is 8. The minimum Gasteiger partial charge on any atom is -0.491 e. The molecule has 1 rings (SSSR count). The lowest BCUT2D eigenvalue weighted by Crippen LogP contribution is -2.34. The highest BCUT2D eigenvalue weighted by Crippen LogP contribution is 2.16. The molecule has 0 saturated carbocycles. The molecule has 3 N–H and O–H groups in total. The highest BCUT2D eigenvalue weighted by atomic mass is 16.5. The van der Waals surface area contributed by atoms with Crippen molar-refractivity contribution in [1.29, 1.82) is 0 Å². The SMILES string of the molecule is Cc1cc(C)cc(OCC(O)CNCC(C)CO)c1. The molecule has 0 spiro atoms. The van der Waals surface area contributed by atoms with Crippen LogP contribution in [-0.2, 0) is 0 Å². The second-order valence-electron chi connectivity index (χ2n) is 5.23. The van der Waals surface area contributed by atoms with Crippen LogP contribution in [0.3, 0.4) is 0 Å². The Bertz CT molecular complexity index is 361. The van der Waals surface area contributed by atoms with Gasteiger partial charge >= 0.3 is 0 Å². The Morgan fingerprint density at radius 3 is 2.37 bits per heavy atom. The van der Waals surface area contributed by atoms with Crippen LogP contribution in [0.4, 0.5) is 0 Å². The molecule has 19 heavy (non-hydrogen) atoms. The molecule has 0 heterocycles. The summed E-state index contributed by atoms with van der Waals surface area (Å²) in [5.41, 5.74) is 2.30. The summed E-state index contributed by atoms with van der Waals surface area (Å²) in [5, 5.41) is 21.8. The van der Waals surface area contributed by atoms with Gasteiger partial charge in [-0.2, -0.15) is 0 Å². The van der Waals surface area contributed by atoms with Crippen molar-refractivity contribution in [3.05, 3.63) is 29.3 Å². The number of hydrogen-bond donors (Lipinski definition) is 3. The summed E-state index contributed by atoms with van der Waals surface area (Å²) in [7, 11) is 0. The van der Waals surface area contributed by atoms with Crippen molar-refractivity contribution in [3.63, 3.8) is 0 Å². The van der Waals surface area contributed by atoms with Crippen molar-refractivity contribution in [2.45, 2.75) is 26.9 Å². The second-order valence-corrected chi connectivity index (χ2v) is 5.23. The Morgan fingerprint density at radius 2 is 1.79 bits per heavy atom. The van der Waals surface area contributed by atoms with Gasteiger partial charge in [0.25, 0.3) is 0 Å². The normalized spacial score (nSPS) is 14.2. The molecule has 1 aromatic rings. The Balaban J connectivity index is 2.27. The number of aliphatic hydroxyl groups is 2. The summed E-state index contributed by atoms with van der Waals surface area (Å²) in [6.07, 6.45) is -0.549. The first kappa shape index (κ1) is 16.0. The predicted molar refractivity (Wildman–Crippen MR) is 76.5 cm³/mol. The van der Waals surface area contributed by atoms with E-state index in [1.165, 1.54) is 0 Å². The smallest absolute Gasteiger partial charge is 0.119 e. The summed E-state index contributed by atoms with van der Waals surface area (Å²) in [6, 6.07) is 6.00. The van der Waals surface area contributed by atoms with Crippen molar-refractivity contribution in [3.8, 4) is 5.75 Å². The molecule has 108 valence electrons. The van der Waals surface area contributed by atoms with Gasteiger partial charge in [-0.15, -0.1) is 0 Å². The van der Waals surface area contributed by atoms with Gasteiger partial charge in [0.2, 0.25) is 0 Å². The largest absolute Gasteiger partial charge is 0.491 e. The Morgan fingerprint density at radius 1 is 1.16 bits per heavy atom. The molecule has 0 aliphatic rings. The molecule has 4 nitrogen and oxygen atoms in total. The van der Waals surface area contributed by atoms with Crippen LogP contribution in [0, 0.1) is 19.8 Å². The van der Waals surface area contributed by atoms with Gasteiger partial charge < -0.3 is 20.3 Å². The minimum absolute atomic E-state index is 0.155. The third kappa shape index (κ3) is 6.57. The average Bonchev–Trinajstić information content (AvgIpc) is 2.35. The molecule has 1 aromatic carbocycles. The number of nitrogens with one attached hydrogen (secondary N) is 1. The van der Waals surface area contributed by atoms with E-state index in [9.17, 15) is 5.11 Å². The fourth-order valence-electron chi connectivity index (χ4n) is 1.83. The van der Waals surface area contributed by atoms with Crippen LogP contribution in [0.5, 0.6) is 5.75 Å². The van der Waals surface area contributed by atoms with Gasteiger partial charge in [0.1, 0.15) is 18.5 Å². The maximum atomic E-state index is 9.78. The summed E-state index contributed by atoms with van der Waals surface area (Å²) in [4.78, 5) is 0. The fraction of sp³-hybridized carbons (Fsp3) is 0.600. The van der Waals surface area contributed by atoms with Gasteiger partial charge in [0.15, 0.2) is 0 Å². The van der Waals surface area contributed by atoms with E-state index in [1.54, 1.807) is 0 Å². The van der Waals surface area contributed by atoms with Gasteiger partial charge in [-0.05, 0) is 49.6 Å². The van der Waals surface area contributed by atoms with E-state index in [0.29, 0.717) is 13.1 Å². The highest BCUT2D eigenvalue weighted by molar-refractivity contribution is 5.32. The van der Waals surface area contributed by atoms with Crippen molar-refractivity contribution >= 4 is 0 Å². The maximum absolute atomic E-state index is 9.78. The zero-order chi connectivity index (χ0) is 14.3. The van der Waals surface area contributed by atoms with E-state index in [-0.39, 0.29) is 19.1 Å². The lowest BCUT2D eigenvalue weighted by atomic mass is 10.1. The Kier molecular flexibility index (Phi) is 6.84. The van der Waals surface area contributed by atoms with Crippen LogP contribution in [0.15, 0.2) is 18.2 Å². The van der Waals surface area contributed by atoms with Gasteiger partial charge in [-0.25, -0.2) is 0 Å². The number of aliphatic hydroxyl groups excluding tert-OH is 2. The molecule has 0 amide bonds. The number of hydrogen-bond acceptors (Lipinski definition) is 4. The second kappa shape index (κ2) is 8.15. The predicted octanol–water partition coefficient (Wildman–Crippen LogP) is 1.26. The number of benzene rings is 1. The van der Waals surface area contributed by atoms with E-state index >= 15 is 0 Å². The van der Waals surface area contributed by atoms with E-state index in [4.69, 9.17) is 9.84 Å². The molecule has 4 heteroatoms. The molecule has 0 aliphatic carbocycles. The third-order valence-corrected chi connectivity index (χ3v) is 2.82. The van der Waals surface area contributed by atoms with Crippen LogP contribution in [0.2, 0.25) is 0 Å². The van der Waals surface area contributed by atoms with Gasteiger partial charge in [0.05, 0.1) is 0 Å². The van der Waals surface area contributed by atoms with Crippen molar-refractivity contribution in [2.75, 3.05) is 26.3 Å². The van der Waals surface area contributed by atoms with Crippen LogP contribution >= 0.6 is 0 Å². The van der Waals surface area contributed by atoms with Crippen LogP contribution in [0.25, 0.3) is 0 Å². The number of ether oxygens (including phenoxy) is 1. The first-order chi connectivity index (χ1) is 9.01. The summed E-state index contributed by atoms with van der Waals surface area (Å²) < 4.78 is 5.57. The zero-order valence-electron chi connectivity index (χ0n) is 12.0. The average molecular weight is 267 g/mol. The number of aryl methyl sites for hydroxylation is 2. The molecule has 0 fully saturated rings. The lowest BCUT2D eigenvalue weighted by molar-refractivity contribution is 0.104. The van der Waals surface area contributed by atoms with Gasteiger partial charge in [-0.3, -0.25) is 0 Å². The van der Waals surface area contributed by atoms with Gasteiger partial charge in [-0.1, -0.05) is 13.0 Å². The van der Waals surface area contributed by atoms with E-state index < -0.39 is 6.10 Å². The van der Waals surface area contributed by atoms with E-state index in [2.05, 4.69) is 11.4 Å². The standard InChI is InChI=1S/C15H25NO3/c1-11-4-12(2)6-15(5-11)19-10-14(18)8-16-7-13(3)9-17/h4-6,13-14,16-18H,7-10H2,1-3H3. The summed E-state index contributed by atoms with van der Waals surface area (Å²) in [5.74, 6) is 0.993. The minimum atomic E-state index is -0.549. The van der Waals surface area contributed by atoms with Crippen LogP contribution < -0.4 is 10.1 Å². The first-order valence-corrected chi connectivity index (χ1v) is 6.72. The van der Waals surface area contributed by atoms with E-state index in [1.807, 2.05) is 32.9 Å². The lowest BCUT2D eigenvalue weighted by Gasteiger charge is -2.15. The topological polar surface area (TPSA) is 61.7 Å². The zero-order valence-corrected chi connectivity index (χ0v) is 12.0. The van der Waals surface area contributed by atoms with Crippen LogP contribution in [-0.4, -0.2) is 42.6 Å². The van der Waals surface area contributed by atoms with Crippen molar-refractivity contribution < 1.29 is 14.9 Å².